The highest BCUT2D eigenvalue weighted by atomic mass is 16.5. The van der Waals surface area contributed by atoms with Crippen molar-refractivity contribution < 1.29 is 14.3 Å². The highest BCUT2D eigenvalue weighted by molar-refractivity contribution is 5.76. The van der Waals surface area contributed by atoms with Crippen molar-refractivity contribution in [2.24, 2.45) is 11.7 Å². The molecular weight excluding hydrogens is 158 g/mol. The molecule has 0 aromatic heterocycles. The zero-order valence-corrected chi connectivity index (χ0v) is 7.29. The Balaban J connectivity index is 2.47. The fourth-order valence-corrected chi connectivity index (χ4v) is 1.36. The Morgan fingerprint density at radius 1 is 1.67 bits per heavy atom. The minimum Gasteiger partial charge on any atom is -0.381 e. The maximum Gasteiger partial charge on any atom is 0.222 e. The molecule has 0 aromatic carbocycles. The Bertz CT molecular complexity index is 160. The molecule has 0 spiro atoms. The SMILES string of the molecule is CO[C@@H]1CCOC[C@H](C(N)=O)C1. The van der Waals surface area contributed by atoms with Gasteiger partial charge in [0.2, 0.25) is 5.91 Å². The predicted molar refractivity (Wildman–Crippen MR) is 43.5 cm³/mol. The number of hydrogen-bond acceptors (Lipinski definition) is 3. The first-order valence-corrected chi connectivity index (χ1v) is 4.14. The fourth-order valence-electron chi connectivity index (χ4n) is 1.36. The van der Waals surface area contributed by atoms with Gasteiger partial charge in [-0.25, -0.2) is 0 Å². The quantitative estimate of drug-likeness (QED) is 0.635. The van der Waals surface area contributed by atoms with Crippen molar-refractivity contribution >= 4 is 5.91 Å². The van der Waals surface area contributed by atoms with E-state index in [4.69, 9.17) is 15.2 Å². The van der Waals surface area contributed by atoms with Crippen molar-refractivity contribution in [3.63, 3.8) is 0 Å². The van der Waals surface area contributed by atoms with Crippen LogP contribution in [0.2, 0.25) is 0 Å². The number of rotatable bonds is 2. The number of hydrogen-bond donors (Lipinski definition) is 1. The average molecular weight is 173 g/mol. The average Bonchev–Trinajstić information content (AvgIpc) is 2.28. The molecular formula is C8H15NO3. The third-order valence-electron chi connectivity index (χ3n) is 2.19. The molecule has 1 fully saturated rings. The van der Waals surface area contributed by atoms with Crippen LogP contribution >= 0.6 is 0 Å². The van der Waals surface area contributed by atoms with Gasteiger partial charge in [-0.2, -0.15) is 0 Å². The van der Waals surface area contributed by atoms with Crippen LogP contribution in [0.3, 0.4) is 0 Å². The Morgan fingerprint density at radius 2 is 2.42 bits per heavy atom. The first-order chi connectivity index (χ1) is 5.74. The second kappa shape index (κ2) is 4.42. The number of methoxy groups -OCH3 is 1. The topological polar surface area (TPSA) is 61.6 Å². The van der Waals surface area contributed by atoms with Gasteiger partial charge in [-0.3, -0.25) is 4.79 Å². The molecule has 1 amide bonds. The molecule has 1 saturated heterocycles. The number of primary amides is 1. The van der Waals surface area contributed by atoms with Crippen LogP contribution in [0.4, 0.5) is 0 Å². The van der Waals surface area contributed by atoms with Gasteiger partial charge >= 0.3 is 0 Å². The number of ether oxygens (including phenoxy) is 2. The van der Waals surface area contributed by atoms with Gasteiger partial charge in [0.25, 0.3) is 0 Å². The number of amides is 1. The van der Waals surface area contributed by atoms with Crippen molar-refractivity contribution in [3.8, 4) is 0 Å². The second-order valence-corrected chi connectivity index (χ2v) is 3.06. The lowest BCUT2D eigenvalue weighted by atomic mass is 10.0. The lowest BCUT2D eigenvalue weighted by molar-refractivity contribution is -0.124. The molecule has 1 aliphatic heterocycles. The van der Waals surface area contributed by atoms with E-state index in [1.807, 2.05) is 0 Å². The molecule has 1 rings (SSSR count). The van der Waals surface area contributed by atoms with Crippen molar-refractivity contribution in [1.29, 1.82) is 0 Å². The first kappa shape index (κ1) is 9.48. The van der Waals surface area contributed by atoms with Crippen molar-refractivity contribution in [3.05, 3.63) is 0 Å². The summed E-state index contributed by atoms with van der Waals surface area (Å²) in [5, 5.41) is 0. The van der Waals surface area contributed by atoms with Gasteiger partial charge in [0.1, 0.15) is 0 Å². The largest absolute Gasteiger partial charge is 0.381 e. The molecule has 1 heterocycles. The molecule has 0 unspecified atom stereocenters. The normalized spacial score (nSPS) is 31.1. The van der Waals surface area contributed by atoms with Gasteiger partial charge < -0.3 is 15.2 Å². The standard InChI is InChI=1S/C8H15NO3/c1-11-7-2-3-12-5-6(4-7)8(9)10/h6-7H,2-5H2,1H3,(H2,9,10)/t6-,7-/m1/s1. The van der Waals surface area contributed by atoms with Crippen molar-refractivity contribution in [2.75, 3.05) is 20.3 Å². The highest BCUT2D eigenvalue weighted by Crippen LogP contribution is 2.16. The maximum atomic E-state index is 10.9. The van der Waals surface area contributed by atoms with E-state index in [0.717, 1.165) is 6.42 Å². The number of carbonyl (C=O) groups is 1. The molecule has 70 valence electrons. The smallest absolute Gasteiger partial charge is 0.222 e. The van der Waals surface area contributed by atoms with Crippen LogP contribution in [-0.2, 0) is 14.3 Å². The second-order valence-electron chi connectivity index (χ2n) is 3.06. The number of carbonyl (C=O) groups excluding carboxylic acids is 1. The summed E-state index contributed by atoms with van der Waals surface area (Å²) >= 11 is 0. The molecule has 0 bridgehead atoms. The first-order valence-electron chi connectivity index (χ1n) is 4.14. The molecule has 12 heavy (non-hydrogen) atoms. The molecule has 4 heteroatoms. The Hall–Kier alpha value is -0.610. The summed E-state index contributed by atoms with van der Waals surface area (Å²) in [7, 11) is 1.65. The van der Waals surface area contributed by atoms with E-state index in [9.17, 15) is 4.79 Å². The lowest BCUT2D eigenvalue weighted by Gasteiger charge is -2.14. The van der Waals surface area contributed by atoms with Crippen LogP contribution in [0.1, 0.15) is 12.8 Å². The summed E-state index contributed by atoms with van der Waals surface area (Å²) in [6.07, 6.45) is 1.65. The molecule has 0 aromatic rings. The van der Waals surface area contributed by atoms with E-state index in [-0.39, 0.29) is 17.9 Å². The monoisotopic (exact) mass is 173 g/mol. The van der Waals surface area contributed by atoms with Gasteiger partial charge in [-0.15, -0.1) is 0 Å². The van der Waals surface area contributed by atoms with E-state index in [1.165, 1.54) is 0 Å². The van der Waals surface area contributed by atoms with Crippen LogP contribution < -0.4 is 5.73 Å². The summed E-state index contributed by atoms with van der Waals surface area (Å²) in [6.45, 7) is 1.09. The van der Waals surface area contributed by atoms with E-state index in [0.29, 0.717) is 19.6 Å². The molecule has 4 nitrogen and oxygen atoms in total. The zero-order valence-electron chi connectivity index (χ0n) is 7.29. The molecule has 0 aliphatic carbocycles. The summed E-state index contributed by atoms with van der Waals surface area (Å²) in [5.41, 5.74) is 5.18. The molecule has 0 radical (unpaired) electrons. The predicted octanol–water partition coefficient (Wildman–Crippen LogP) is -0.0867. The summed E-state index contributed by atoms with van der Waals surface area (Å²) < 4.78 is 10.4. The lowest BCUT2D eigenvalue weighted by Crippen LogP contribution is -2.29. The third-order valence-corrected chi connectivity index (χ3v) is 2.19. The minimum atomic E-state index is -0.293. The van der Waals surface area contributed by atoms with Crippen LogP contribution in [0, 0.1) is 5.92 Å². The van der Waals surface area contributed by atoms with Gasteiger partial charge in [0.15, 0.2) is 0 Å². The maximum absolute atomic E-state index is 10.9. The third kappa shape index (κ3) is 2.46. The van der Waals surface area contributed by atoms with Crippen LogP contribution in [0.5, 0.6) is 0 Å². The Morgan fingerprint density at radius 3 is 3.00 bits per heavy atom. The van der Waals surface area contributed by atoms with Crippen LogP contribution in [0.25, 0.3) is 0 Å². The zero-order chi connectivity index (χ0) is 8.97. The van der Waals surface area contributed by atoms with Gasteiger partial charge in [-0.05, 0) is 12.8 Å². The molecule has 2 N–H and O–H groups in total. The molecule has 1 aliphatic rings. The molecule has 2 atom stereocenters. The minimum absolute atomic E-state index is 0.116. The van der Waals surface area contributed by atoms with Gasteiger partial charge in [0.05, 0.1) is 18.6 Å². The van der Waals surface area contributed by atoms with Crippen LogP contribution in [0.15, 0.2) is 0 Å². The summed E-state index contributed by atoms with van der Waals surface area (Å²) in [6, 6.07) is 0. The Kier molecular flexibility index (Phi) is 3.49. The van der Waals surface area contributed by atoms with Crippen molar-refractivity contribution in [1.82, 2.24) is 0 Å². The van der Waals surface area contributed by atoms with Gasteiger partial charge in [-0.1, -0.05) is 0 Å². The fraction of sp³-hybridized carbons (Fsp3) is 0.875. The van der Waals surface area contributed by atoms with Gasteiger partial charge in [0, 0.05) is 13.7 Å². The summed E-state index contributed by atoms with van der Waals surface area (Å²) in [4.78, 5) is 10.9. The number of nitrogens with two attached hydrogens (primary N) is 1. The molecule has 0 saturated carbocycles. The highest BCUT2D eigenvalue weighted by Gasteiger charge is 2.23. The Labute approximate surface area is 72.0 Å². The van der Waals surface area contributed by atoms with Crippen LogP contribution in [-0.4, -0.2) is 32.3 Å². The van der Waals surface area contributed by atoms with E-state index in [1.54, 1.807) is 7.11 Å². The summed E-state index contributed by atoms with van der Waals surface area (Å²) in [5.74, 6) is -0.476. The van der Waals surface area contributed by atoms with E-state index < -0.39 is 0 Å². The van der Waals surface area contributed by atoms with Crippen molar-refractivity contribution in [2.45, 2.75) is 18.9 Å². The van der Waals surface area contributed by atoms with E-state index in [2.05, 4.69) is 0 Å². The van der Waals surface area contributed by atoms with E-state index >= 15 is 0 Å².